The summed E-state index contributed by atoms with van der Waals surface area (Å²) in [5.74, 6) is 0.820. The Bertz CT molecular complexity index is 292. The molecule has 2 N–H and O–H groups in total. The number of aliphatic carboxylic acids is 1. The Morgan fingerprint density at radius 2 is 2.11 bits per heavy atom. The number of carboxylic acid groups (broad SMARTS) is 1. The van der Waals surface area contributed by atoms with Crippen LogP contribution in [0.4, 0.5) is 0 Å². The molecule has 0 radical (unpaired) electrons. The molecule has 4 heteroatoms. The van der Waals surface area contributed by atoms with Gasteiger partial charge in [-0.2, -0.15) is 0 Å². The monoisotopic (exact) mass is 268 g/mol. The summed E-state index contributed by atoms with van der Waals surface area (Å²) in [5.41, 5.74) is 0. The highest BCUT2D eigenvalue weighted by atomic mass is 16.4. The Hall–Kier alpha value is -0.610. The first-order chi connectivity index (χ1) is 9.17. The van der Waals surface area contributed by atoms with Gasteiger partial charge in [0.25, 0.3) is 0 Å². The van der Waals surface area contributed by atoms with Gasteiger partial charge in [-0.25, -0.2) is 0 Å². The maximum atomic E-state index is 10.7. The molecule has 2 aliphatic rings. The van der Waals surface area contributed by atoms with Gasteiger partial charge in [-0.3, -0.25) is 4.79 Å². The Balaban J connectivity index is 1.80. The molecule has 0 aromatic rings. The number of nitrogens with one attached hydrogen (secondary N) is 1. The second-order valence-electron chi connectivity index (χ2n) is 6.35. The van der Waals surface area contributed by atoms with Crippen LogP contribution in [0.5, 0.6) is 0 Å². The average molecular weight is 268 g/mol. The SMILES string of the molecule is CCCNC1CC(CCC(=O)O)CN(CC2CC2)C1. The van der Waals surface area contributed by atoms with Crippen molar-refractivity contribution >= 4 is 5.97 Å². The van der Waals surface area contributed by atoms with E-state index in [2.05, 4.69) is 17.1 Å². The highest BCUT2D eigenvalue weighted by Crippen LogP contribution is 2.31. The first kappa shape index (κ1) is 14.8. The van der Waals surface area contributed by atoms with Crippen LogP contribution in [0.3, 0.4) is 0 Å². The van der Waals surface area contributed by atoms with E-state index in [1.807, 2.05) is 0 Å². The summed E-state index contributed by atoms with van der Waals surface area (Å²) in [6.45, 7) is 6.76. The molecule has 1 saturated carbocycles. The zero-order chi connectivity index (χ0) is 13.7. The summed E-state index contributed by atoms with van der Waals surface area (Å²) < 4.78 is 0. The second-order valence-corrected chi connectivity index (χ2v) is 6.35. The standard InChI is InChI=1S/C15H28N2O2/c1-2-7-16-14-8-13(5-6-15(18)19)10-17(11-14)9-12-3-4-12/h12-14,16H,2-11H2,1H3,(H,18,19). The molecule has 1 saturated heterocycles. The van der Waals surface area contributed by atoms with E-state index in [-0.39, 0.29) is 0 Å². The minimum absolute atomic E-state index is 0.322. The summed E-state index contributed by atoms with van der Waals surface area (Å²) in [6, 6.07) is 0.561. The Labute approximate surface area is 116 Å². The molecule has 110 valence electrons. The zero-order valence-corrected chi connectivity index (χ0v) is 12.1. The lowest BCUT2D eigenvalue weighted by Crippen LogP contribution is -2.50. The van der Waals surface area contributed by atoms with Crippen LogP contribution < -0.4 is 5.32 Å². The quantitative estimate of drug-likeness (QED) is 0.706. The second kappa shape index (κ2) is 7.25. The van der Waals surface area contributed by atoms with Crippen molar-refractivity contribution in [1.82, 2.24) is 10.2 Å². The smallest absolute Gasteiger partial charge is 0.303 e. The fourth-order valence-electron chi connectivity index (χ4n) is 3.15. The van der Waals surface area contributed by atoms with Crippen molar-refractivity contribution in [1.29, 1.82) is 0 Å². The van der Waals surface area contributed by atoms with Gasteiger partial charge in [0, 0.05) is 32.1 Å². The summed E-state index contributed by atoms with van der Waals surface area (Å²) in [5, 5.41) is 12.5. The molecule has 0 amide bonds. The number of carbonyl (C=O) groups is 1. The number of rotatable bonds is 8. The van der Waals surface area contributed by atoms with Crippen molar-refractivity contribution in [3.05, 3.63) is 0 Å². The van der Waals surface area contributed by atoms with Crippen molar-refractivity contribution in [2.45, 2.75) is 51.5 Å². The van der Waals surface area contributed by atoms with Crippen LogP contribution in [0.15, 0.2) is 0 Å². The molecular formula is C15H28N2O2. The predicted molar refractivity (Wildman–Crippen MR) is 76.2 cm³/mol. The average Bonchev–Trinajstić information content (AvgIpc) is 3.17. The molecule has 0 aromatic carbocycles. The summed E-state index contributed by atoms with van der Waals surface area (Å²) in [6.07, 6.45) is 6.25. The van der Waals surface area contributed by atoms with E-state index in [9.17, 15) is 4.79 Å². The van der Waals surface area contributed by atoms with E-state index < -0.39 is 5.97 Å². The van der Waals surface area contributed by atoms with E-state index in [1.165, 1.54) is 25.8 Å². The van der Waals surface area contributed by atoms with E-state index in [0.29, 0.717) is 18.4 Å². The third-order valence-corrected chi connectivity index (χ3v) is 4.28. The molecule has 0 aromatic heterocycles. The molecule has 2 unspecified atom stereocenters. The van der Waals surface area contributed by atoms with Crippen molar-refractivity contribution in [3.63, 3.8) is 0 Å². The maximum absolute atomic E-state index is 10.7. The van der Waals surface area contributed by atoms with E-state index in [4.69, 9.17) is 5.11 Å². The van der Waals surface area contributed by atoms with Gasteiger partial charge in [0.2, 0.25) is 0 Å². The fraction of sp³-hybridized carbons (Fsp3) is 0.933. The van der Waals surface area contributed by atoms with Crippen molar-refractivity contribution < 1.29 is 9.90 Å². The molecular weight excluding hydrogens is 240 g/mol. The van der Waals surface area contributed by atoms with Crippen LogP contribution in [0.25, 0.3) is 0 Å². The third kappa shape index (κ3) is 5.49. The minimum Gasteiger partial charge on any atom is -0.481 e. The van der Waals surface area contributed by atoms with Crippen LogP contribution in [-0.4, -0.2) is 48.2 Å². The molecule has 1 aliphatic heterocycles. The molecule has 2 atom stereocenters. The number of nitrogens with zero attached hydrogens (tertiary/aromatic N) is 1. The Morgan fingerprint density at radius 1 is 1.32 bits per heavy atom. The number of likely N-dealkylation sites (tertiary alicyclic amines) is 1. The first-order valence-corrected chi connectivity index (χ1v) is 7.85. The lowest BCUT2D eigenvalue weighted by Gasteiger charge is -2.38. The van der Waals surface area contributed by atoms with Gasteiger partial charge in [0.05, 0.1) is 0 Å². The van der Waals surface area contributed by atoms with E-state index in [1.54, 1.807) is 0 Å². The van der Waals surface area contributed by atoms with Gasteiger partial charge in [0.15, 0.2) is 0 Å². The molecule has 1 heterocycles. The Kier molecular flexibility index (Phi) is 5.64. The molecule has 0 spiro atoms. The normalized spacial score (nSPS) is 28.5. The summed E-state index contributed by atoms with van der Waals surface area (Å²) >= 11 is 0. The largest absolute Gasteiger partial charge is 0.481 e. The van der Waals surface area contributed by atoms with Crippen LogP contribution in [0, 0.1) is 11.8 Å². The summed E-state index contributed by atoms with van der Waals surface area (Å²) in [7, 11) is 0. The molecule has 2 fully saturated rings. The third-order valence-electron chi connectivity index (χ3n) is 4.28. The van der Waals surface area contributed by atoms with Crippen molar-refractivity contribution in [2.75, 3.05) is 26.2 Å². The lowest BCUT2D eigenvalue weighted by atomic mass is 9.90. The topological polar surface area (TPSA) is 52.6 Å². The van der Waals surface area contributed by atoms with Crippen LogP contribution in [0.2, 0.25) is 0 Å². The first-order valence-electron chi connectivity index (χ1n) is 7.85. The highest BCUT2D eigenvalue weighted by Gasteiger charge is 2.31. The molecule has 2 rings (SSSR count). The van der Waals surface area contributed by atoms with Crippen molar-refractivity contribution in [2.24, 2.45) is 11.8 Å². The minimum atomic E-state index is -0.655. The Morgan fingerprint density at radius 3 is 2.74 bits per heavy atom. The summed E-state index contributed by atoms with van der Waals surface area (Å²) in [4.78, 5) is 13.3. The van der Waals surface area contributed by atoms with Crippen LogP contribution in [-0.2, 0) is 4.79 Å². The van der Waals surface area contributed by atoms with E-state index >= 15 is 0 Å². The molecule has 0 bridgehead atoms. The fourth-order valence-corrected chi connectivity index (χ4v) is 3.15. The number of hydrogen-bond donors (Lipinski definition) is 2. The maximum Gasteiger partial charge on any atom is 0.303 e. The van der Waals surface area contributed by atoms with Crippen LogP contribution >= 0.6 is 0 Å². The number of piperidine rings is 1. The van der Waals surface area contributed by atoms with Gasteiger partial charge < -0.3 is 15.3 Å². The molecule has 4 nitrogen and oxygen atoms in total. The predicted octanol–water partition coefficient (Wildman–Crippen LogP) is 1.95. The zero-order valence-electron chi connectivity index (χ0n) is 12.1. The van der Waals surface area contributed by atoms with Gasteiger partial charge in [-0.05, 0) is 50.5 Å². The highest BCUT2D eigenvalue weighted by molar-refractivity contribution is 5.66. The van der Waals surface area contributed by atoms with Gasteiger partial charge in [0.1, 0.15) is 0 Å². The van der Waals surface area contributed by atoms with Crippen molar-refractivity contribution in [3.8, 4) is 0 Å². The number of hydrogen-bond acceptors (Lipinski definition) is 3. The van der Waals surface area contributed by atoms with Gasteiger partial charge >= 0.3 is 5.97 Å². The molecule has 1 aliphatic carbocycles. The van der Waals surface area contributed by atoms with Crippen LogP contribution in [0.1, 0.15) is 45.4 Å². The van der Waals surface area contributed by atoms with Gasteiger partial charge in [-0.1, -0.05) is 6.92 Å². The molecule has 19 heavy (non-hydrogen) atoms. The van der Waals surface area contributed by atoms with E-state index in [0.717, 1.165) is 38.4 Å². The number of carboxylic acids is 1. The van der Waals surface area contributed by atoms with Gasteiger partial charge in [-0.15, -0.1) is 0 Å². The lowest BCUT2D eigenvalue weighted by molar-refractivity contribution is -0.137.